The maximum Gasteiger partial charge on any atom is 0.419 e. The molecule has 0 saturated carbocycles. The minimum Gasteiger partial charge on any atom is -0.429 e. The van der Waals surface area contributed by atoms with Crippen molar-refractivity contribution in [3.63, 3.8) is 0 Å². The molecule has 0 atom stereocenters. The zero-order valence-corrected chi connectivity index (χ0v) is 25.1. The third-order valence-corrected chi connectivity index (χ3v) is 7.58. The molecule has 47 heavy (non-hydrogen) atoms. The third-order valence-electron chi connectivity index (χ3n) is 7.58. The van der Waals surface area contributed by atoms with Gasteiger partial charge in [-0.3, -0.25) is 0 Å². The molecule has 0 spiro atoms. The number of hydrogen-bond donors (Lipinski definition) is 0. The van der Waals surface area contributed by atoms with Crippen LogP contribution in [0.15, 0.2) is 97.1 Å². The normalized spacial score (nSPS) is 11.8. The maximum atomic E-state index is 15.1. The standard InChI is InChI=1S/C38H28F8O/c1-2-3-4-5-23-6-8-24(9-7-23)25-10-13-30(33(40)18-25)27-20-34(41)31(35(42)21-27)16-17-38(45,46)47-28-12-14-29(36(43)22-28)26-11-15-32(39)37(44)19-26/h6-22H,2-5H2,1H3. The Labute approximate surface area is 266 Å². The van der Waals surface area contributed by atoms with Crippen molar-refractivity contribution in [2.24, 2.45) is 0 Å². The van der Waals surface area contributed by atoms with Crippen LogP contribution in [-0.2, 0) is 6.42 Å². The lowest BCUT2D eigenvalue weighted by Gasteiger charge is -2.15. The van der Waals surface area contributed by atoms with E-state index in [1.807, 2.05) is 24.3 Å². The number of ether oxygens (including phenoxy) is 1. The second-order valence-corrected chi connectivity index (χ2v) is 11.0. The van der Waals surface area contributed by atoms with Crippen LogP contribution in [0.4, 0.5) is 35.1 Å². The van der Waals surface area contributed by atoms with E-state index in [0.717, 1.165) is 73.7 Å². The van der Waals surface area contributed by atoms with E-state index < -0.39 is 52.3 Å². The van der Waals surface area contributed by atoms with E-state index >= 15 is 4.39 Å². The molecule has 0 aromatic heterocycles. The summed E-state index contributed by atoms with van der Waals surface area (Å²) >= 11 is 0. The molecule has 242 valence electrons. The van der Waals surface area contributed by atoms with Gasteiger partial charge in [0.25, 0.3) is 0 Å². The minimum absolute atomic E-state index is 0.0346. The molecule has 0 N–H and O–H groups in total. The maximum absolute atomic E-state index is 15.1. The van der Waals surface area contributed by atoms with Crippen molar-refractivity contribution < 1.29 is 39.9 Å². The van der Waals surface area contributed by atoms with Gasteiger partial charge >= 0.3 is 6.11 Å². The van der Waals surface area contributed by atoms with Crippen LogP contribution >= 0.6 is 0 Å². The molecule has 0 aliphatic heterocycles. The number of unbranched alkanes of at least 4 members (excludes halogenated alkanes) is 2. The van der Waals surface area contributed by atoms with Gasteiger partial charge in [-0.05, 0) is 89.2 Å². The van der Waals surface area contributed by atoms with Crippen molar-refractivity contribution in [2.45, 2.75) is 38.7 Å². The Balaban J connectivity index is 1.29. The van der Waals surface area contributed by atoms with Crippen molar-refractivity contribution in [2.75, 3.05) is 0 Å². The van der Waals surface area contributed by atoms with Crippen LogP contribution in [0.1, 0.15) is 37.3 Å². The second-order valence-electron chi connectivity index (χ2n) is 11.0. The Morgan fingerprint density at radius 2 is 1.13 bits per heavy atom. The first kappa shape index (κ1) is 33.4. The van der Waals surface area contributed by atoms with Crippen LogP contribution in [0, 0.1) is 34.9 Å². The molecule has 0 bridgehead atoms. The average molecular weight is 653 g/mol. The molecule has 5 rings (SSSR count). The number of benzene rings is 5. The first-order valence-corrected chi connectivity index (χ1v) is 14.8. The Hall–Kier alpha value is -4.92. The highest BCUT2D eigenvalue weighted by Gasteiger charge is 2.29. The van der Waals surface area contributed by atoms with Crippen LogP contribution in [0.3, 0.4) is 0 Å². The fourth-order valence-corrected chi connectivity index (χ4v) is 5.10. The van der Waals surface area contributed by atoms with Crippen molar-refractivity contribution in [3.05, 3.63) is 143 Å². The molecule has 5 aromatic rings. The molecule has 0 radical (unpaired) electrons. The summed E-state index contributed by atoms with van der Waals surface area (Å²) in [7, 11) is 0. The quantitative estimate of drug-likeness (QED) is 0.102. The Bertz CT molecular complexity index is 1890. The smallest absolute Gasteiger partial charge is 0.419 e. The van der Waals surface area contributed by atoms with Gasteiger partial charge < -0.3 is 4.74 Å². The lowest BCUT2D eigenvalue weighted by Crippen LogP contribution is -2.21. The number of halogens is 8. The van der Waals surface area contributed by atoms with Crippen LogP contribution in [0.2, 0.25) is 0 Å². The van der Waals surface area contributed by atoms with Gasteiger partial charge in [-0.25, -0.2) is 26.3 Å². The molecule has 0 aliphatic rings. The first-order valence-electron chi connectivity index (χ1n) is 14.8. The average Bonchev–Trinajstić information content (AvgIpc) is 3.02. The summed E-state index contributed by atoms with van der Waals surface area (Å²) in [4.78, 5) is 0. The van der Waals surface area contributed by atoms with Crippen LogP contribution in [0.25, 0.3) is 39.5 Å². The fourth-order valence-electron chi connectivity index (χ4n) is 5.10. The molecule has 5 aromatic carbocycles. The summed E-state index contributed by atoms with van der Waals surface area (Å²) in [6, 6.07) is 18.9. The highest BCUT2D eigenvalue weighted by Crippen LogP contribution is 2.33. The van der Waals surface area contributed by atoms with E-state index in [1.165, 1.54) is 17.7 Å². The van der Waals surface area contributed by atoms with E-state index in [1.54, 1.807) is 6.07 Å². The van der Waals surface area contributed by atoms with Crippen LogP contribution in [-0.4, -0.2) is 6.11 Å². The number of rotatable bonds is 11. The highest BCUT2D eigenvalue weighted by molar-refractivity contribution is 5.72. The van der Waals surface area contributed by atoms with Gasteiger partial charge in [0.2, 0.25) is 0 Å². The molecule has 0 fully saturated rings. The molecule has 0 unspecified atom stereocenters. The molecule has 0 heterocycles. The number of alkyl halides is 2. The van der Waals surface area contributed by atoms with Gasteiger partial charge in [-0.15, -0.1) is 0 Å². The summed E-state index contributed by atoms with van der Waals surface area (Å²) in [5, 5.41) is 0. The number of aryl methyl sites for hydroxylation is 1. The van der Waals surface area contributed by atoms with Crippen LogP contribution in [0.5, 0.6) is 5.75 Å². The van der Waals surface area contributed by atoms with E-state index in [4.69, 9.17) is 0 Å². The van der Waals surface area contributed by atoms with Gasteiger partial charge in [0, 0.05) is 28.8 Å². The first-order chi connectivity index (χ1) is 22.4. The molecule has 0 amide bonds. The number of hydrogen-bond acceptors (Lipinski definition) is 1. The summed E-state index contributed by atoms with van der Waals surface area (Å²) < 4.78 is 120. The summed E-state index contributed by atoms with van der Waals surface area (Å²) in [5.41, 5.74) is 1.25. The lowest BCUT2D eigenvalue weighted by molar-refractivity contribution is -0.131. The fraction of sp³-hybridized carbons (Fsp3) is 0.158. The van der Waals surface area contributed by atoms with E-state index in [9.17, 15) is 30.7 Å². The topological polar surface area (TPSA) is 9.23 Å². The van der Waals surface area contributed by atoms with Gasteiger partial charge in [-0.2, -0.15) is 8.78 Å². The molecule has 9 heteroatoms. The predicted molar refractivity (Wildman–Crippen MR) is 167 cm³/mol. The van der Waals surface area contributed by atoms with Crippen molar-refractivity contribution in [1.29, 1.82) is 0 Å². The predicted octanol–water partition coefficient (Wildman–Crippen LogP) is 11.9. The SMILES string of the molecule is CCCCCc1ccc(-c2ccc(-c3cc(F)c(C=CC(F)(F)Oc4ccc(-c5ccc(F)c(F)c5)c(F)c4)c(F)c3)c(F)c2)cc1. The highest BCUT2D eigenvalue weighted by atomic mass is 19.3. The van der Waals surface area contributed by atoms with Gasteiger partial charge in [0.15, 0.2) is 11.6 Å². The van der Waals surface area contributed by atoms with Gasteiger partial charge in [0.05, 0.1) is 0 Å². The zero-order chi connectivity index (χ0) is 33.7. The van der Waals surface area contributed by atoms with E-state index in [0.29, 0.717) is 17.7 Å². The Morgan fingerprint density at radius 3 is 1.77 bits per heavy atom. The molecule has 0 aliphatic carbocycles. The third kappa shape index (κ3) is 8.09. The van der Waals surface area contributed by atoms with Crippen molar-refractivity contribution in [3.8, 4) is 39.1 Å². The zero-order valence-electron chi connectivity index (χ0n) is 25.1. The summed E-state index contributed by atoms with van der Waals surface area (Å²) in [5.74, 6) is -7.23. The van der Waals surface area contributed by atoms with Gasteiger partial charge in [0.1, 0.15) is 29.0 Å². The largest absolute Gasteiger partial charge is 0.429 e. The second kappa shape index (κ2) is 14.2. The van der Waals surface area contributed by atoms with Crippen molar-refractivity contribution in [1.82, 2.24) is 0 Å². The van der Waals surface area contributed by atoms with E-state index in [-0.39, 0.29) is 28.3 Å². The van der Waals surface area contributed by atoms with Crippen molar-refractivity contribution >= 4 is 6.08 Å². The lowest BCUT2D eigenvalue weighted by atomic mass is 9.97. The van der Waals surface area contributed by atoms with Gasteiger partial charge in [-0.1, -0.05) is 62.2 Å². The van der Waals surface area contributed by atoms with E-state index in [2.05, 4.69) is 11.7 Å². The molecule has 1 nitrogen and oxygen atoms in total. The molecule has 0 saturated heterocycles. The van der Waals surface area contributed by atoms with Crippen LogP contribution < -0.4 is 4.74 Å². The monoisotopic (exact) mass is 652 g/mol. The summed E-state index contributed by atoms with van der Waals surface area (Å²) in [6.07, 6.45) is 0.702. The minimum atomic E-state index is -4.14. The molecular formula is C38H28F8O. The molecular weight excluding hydrogens is 624 g/mol. The Morgan fingerprint density at radius 1 is 0.553 bits per heavy atom. The summed E-state index contributed by atoms with van der Waals surface area (Å²) in [6.45, 7) is 2.13. The Kier molecular flexibility index (Phi) is 10.1.